The van der Waals surface area contributed by atoms with Crippen LogP contribution in [-0.2, 0) is 33.7 Å². The Hall–Kier alpha value is -2.50. The fraction of sp³-hybridized carbons (Fsp3) is 0.417. The summed E-state index contributed by atoms with van der Waals surface area (Å²) in [7, 11) is 0. The number of carboxylic acid groups (broad SMARTS) is 1. The Morgan fingerprint density at radius 2 is 1.52 bits per heavy atom. The van der Waals surface area contributed by atoms with Crippen LogP contribution in [0.15, 0.2) is 54.6 Å². The van der Waals surface area contributed by atoms with Crippen LogP contribution in [0.4, 0.5) is 0 Å². The summed E-state index contributed by atoms with van der Waals surface area (Å²) < 4.78 is 5.57. The molecular weight excluding hydrogens is 366 g/mol. The van der Waals surface area contributed by atoms with Crippen LogP contribution in [0.1, 0.15) is 43.4 Å². The van der Waals surface area contributed by atoms with Crippen LogP contribution in [0.2, 0.25) is 0 Å². The number of hydrogen-bond acceptors (Lipinski definition) is 4. The molecule has 0 radical (unpaired) electrons. The standard InChI is InChI=1S/C22H29NO2.C2H4O2/c1-18(9-10-19-6-3-2-4-7-19)22(24)17-25-15-5-8-20-11-13-21(16-23)14-12-20;1-2(3)4/h2-4,6-7,11-14,18H,5,8-10,15-17,23H2,1H3;1H3,(H,3,4)/t18-;/m1./s1. The van der Waals surface area contributed by atoms with Crippen LogP contribution >= 0.6 is 0 Å². The zero-order valence-corrected chi connectivity index (χ0v) is 17.5. The van der Waals surface area contributed by atoms with E-state index in [1.807, 2.05) is 25.1 Å². The van der Waals surface area contributed by atoms with Gasteiger partial charge in [-0.1, -0.05) is 61.5 Å². The highest BCUT2D eigenvalue weighted by Crippen LogP contribution is 2.11. The lowest BCUT2D eigenvalue weighted by atomic mass is 9.98. The van der Waals surface area contributed by atoms with E-state index in [4.69, 9.17) is 20.4 Å². The van der Waals surface area contributed by atoms with Crippen LogP contribution in [-0.4, -0.2) is 30.1 Å². The first kappa shape index (κ1) is 24.5. The zero-order chi connectivity index (χ0) is 21.5. The summed E-state index contributed by atoms with van der Waals surface area (Å²) in [5, 5.41) is 7.42. The number of rotatable bonds is 11. The zero-order valence-electron chi connectivity index (χ0n) is 17.5. The first-order chi connectivity index (χ1) is 13.9. The molecule has 2 rings (SSSR count). The van der Waals surface area contributed by atoms with Gasteiger partial charge in [-0.2, -0.15) is 0 Å². The van der Waals surface area contributed by atoms with Crippen molar-refractivity contribution >= 4 is 11.8 Å². The van der Waals surface area contributed by atoms with Crippen molar-refractivity contribution in [2.75, 3.05) is 13.2 Å². The van der Waals surface area contributed by atoms with E-state index in [1.165, 1.54) is 11.1 Å². The smallest absolute Gasteiger partial charge is 0.300 e. The average Bonchev–Trinajstić information content (AvgIpc) is 2.72. The second-order valence-corrected chi connectivity index (χ2v) is 7.09. The molecule has 0 aliphatic carbocycles. The fourth-order valence-corrected chi connectivity index (χ4v) is 2.72. The van der Waals surface area contributed by atoms with Crippen LogP contribution in [0.5, 0.6) is 0 Å². The van der Waals surface area contributed by atoms with Gasteiger partial charge in [0, 0.05) is 26.0 Å². The van der Waals surface area contributed by atoms with Gasteiger partial charge < -0.3 is 15.6 Å². The number of carboxylic acids is 1. The molecular formula is C24H33NO4. The summed E-state index contributed by atoms with van der Waals surface area (Å²) in [6.07, 6.45) is 3.70. The van der Waals surface area contributed by atoms with E-state index in [-0.39, 0.29) is 18.3 Å². The Labute approximate surface area is 173 Å². The topological polar surface area (TPSA) is 89.6 Å². The maximum Gasteiger partial charge on any atom is 0.300 e. The van der Waals surface area contributed by atoms with Gasteiger partial charge in [0.05, 0.1) is 0 Å². The highest BCUT2D eigenvalue weighted by Gasteiger charge is 2.12. The molecule has 3 N–H and O–H groups in total. The second-order valence-electron chi connectivity index (χ2n) is 7.09. The Kier molecular flexibility index (Phi) is 12.3. The van der Waals surface area contributed by atoms with E-state index in [2.05, 4.69) is 36.4 Å². The van der Waals surface area contributed by atoms with Gasteiger partial charge in [0.1, 0.15) is 6.61 Å². The highest BCUT2D eigenvalue weighted by atomic mass is 16.5. The fourth-order valence-electron chi connectivity index (χ4n) is 2.72. The minimum Gasteiger partial charge on any atom is -0.481 e. The number of hydrogen-bond donors (Lipinski definition) is 2. The Bertz CT molecular complexity index is 709. The third-order valence-electron chi connectivity index (χ3n) is 4.52. The predicted molar refractivity (Wildman–Crippen MR) is 116 cm³/mol. The van der Waals surface area contributed by atoms with Crippen molar-refractivity contribution < 1.29 is 19.4 Å². The van der Waals surface area contributed by atoms with Crippen molar-refractivity contribution in [3.8, 4) is 0 Å². The van der Waals surface area contributed by atoms with E-state index < -0.39 is 5.97 Å². The van der Waals surface area contributed by atoms with Gasteiger partial charge in [-0.3, -0.25) is 9.59 Å². The van der Waals surface area contributed by atoms with E-state index in [0.29, 0.717) is 13.2 Å². The SMILES string of the molecule is CC(=O)O.C[C@H](CCc1ccccc1)C(=O)COCCCc1ccc(CN)cc1. The maximum absolute atomic E-state index is 12.1. The molecule has 0 saturated heterocycles. The number of carbonyl (C=O) groups excluding carboxylic acids is 1. The Morgan fingerprint density at radius 1 is 0.966 bits per heavy atom. The minimum atomic E-state index is -0.833. The molecule has 0 saturated carbocycles. The molecule has 2 aromatic carbocycles. The quantitative estimate of drug-likeness (QED) is 0.557. The molecule has 0 aromatic heterocycles. The third kappa shape index (κ3) is 11.8. The molecule has 5 heteroatoms. The number of carbonyl (C=O) groups is 2. The third-order valence-corrected chi connectivity index (χ3v) is 4.52. The van der Waals surface area contributed by atoms with Crippen molar-refractivity contribution in [3.63, 3.8) is 0 Å². The van der Waals surface area contributed by atoms with Crippen molar-refractivity contribution in [2.45, 2.75) is 46.1 Å². The second kappa shape index (κ2) is 14.5. The lowest BCUT2D eigenvalue weighted by molar-refractivity contribution is -0.134. The molecule has 0 spiro atoms. The Balaban J connectivity index is 0.000000960. The molecule has 5 nitrogen and oxygen atoms in total. The van der Waals surface area contributed by atoms with Gasteiger partial charge in [0.2, 0.25) is 0 Å². The monoisotopic (exact) mass is 399 g/mol. The Morgan fingerprint density at radius 3 is 2.10 bits per heavy atom. The van der Waals surface area contributed by atoms with Gasteiger partial charge in [0.15, 0.2) is 5.78 Å². The van der Waals surface area contributed by atoms with E-state index in [1.54, 1.807) is 0 Å². The first-order valence-corrected chi connectivity index (χ1v) is 10.0. The number of ether oxygens (including phenoxy) is 1. The molecule has 0 amide bonds. The largest absolute Gasteiger partial charge is 0.481 e. The van der Waals surface area contributed by atoms with Crippen LogP contribution in [0, 0.1) is 5.92 Å². The maximum atomic E-state index is 12.1. The normalized spacial score (nSPS) is 11.3. The number of aliphatic carboxylic acids is 1. The van der Waals surface area contributed by atoms with E-state index in [9.17, 15) is 4.79 Å². The van der Waals surface area contributed by atoms with Crippen molar-refractivity contribution in [1.29, 1.82) is 0 Å². The van der Waals surface area contributed by atoms with Gasteiger partial charge in [0.25, 0.3) is 5.97 Å². The van der Waals surface area contributed by atoms with Crippen LogP contribution in [0.3, 0.4) is 0 Å². The van der Waals surface area contributed by atoms with Gasteiger partial charge in [-0.25, -0.2) is 0 Å². The van der Waals surface area contributed by atoms with Crippen molar-refractivity contribution in [1.82, 2.24) is 0 Å². The summed E-state index contributed by atoms with van der Waals surface area (Å²) in [5.74, 6) is -0.591. The average molecular weight is 400 g/mol. The molecule has 0 fully saturated rings. The predicted octanol–water partition coefficient (Wildman–Crippen LogP) is 4.02. The number of ketones is 1. The molecule has 1 atom stereocenters. The summed E-state index contributed by atoms with van der Waals surface area (Å²) in [4.78, 5) is 21.1. The summed E-state index contributed by atoms with van der Waals surface area (Å²) in [6.45, 7) is 4.50. The number of aryl methyl sites for hydroxylation is 2. The molecule has 0 bridgehead atoms. The molecule has 0 heterocycles. The molecule has 2 aromatic rings. The summed E-state index contributed by atoms with van der Waals surface area (Å²) in [5.41, 5.74) is 9.31. The van der Waals surface area contributed by atoms with Gasteiger partial charge >= 0.3 is 0 Å². The highest BCUT2D eigenvalue weighted by molar-refractivity contribution is 5.81. The lowest BCUT2D eigenvalue weighted by Gasteiger charge is -2.11. The minimum absolute atomic E-state index is 0.0454. The molecule has 0 unspecified atom stereocenters. The van der Waals surface area contributed by atoms with Crippen molar-refractivity contribution in [3.05, 3.63) is 71.3 Å². The van der Waals surface area contributed by atoms with E-state index >= 15 is 0 Å². The van der Waals surface area contributed by atoms with E-state index in [0.717, 1.165) is 38.2 Å². The molecule has 0 aliphatic heterocycles. The number of Topliss-reactive ketones (excluding diaryl/α,β-unsaturated/α-hetero) is 1. The summed E-state index contributed by atoms with van der Waals surface area (Å²) in [6, 6.07) is 18.6. The number of benzene rings is 2. The number of nitrogens with two attached hydrogens (primary N) is 1. The first-order valence-electron chi connectivity index (χ1n) is 10.0. The van der Waals surface area contributed by atoms with Crippen molar-refractivity contribution in [2.24, 2.45) is 11.7 Å². The molecule has 158 valence electrons. The van der Waals surface area contributed by atoms with Crippen LogP contribution < -0.4 is 5.73 Å². The summed E-state index contributed by atoms with van der Waals surface area (Å²) >= 11 is 0. The molecule has 29 heavy (non-hydrogen) atoms. The lowest BCUT2D eigenvalue weighted by Crippen LogP contribution is -2.18. The van der Waals surface area contributed by atoms with Crippen LogP contribution in [0.25, 0.3) is 0 Å². The van der Waals surface area contributed by atoms with Gasteiger partial charge in [-0.15, -0.1) is 0 Å². The molecule has 0 aliphatic rings. The van der Waals surface area contributed by atoms with Gasteiger partial charge in [-0.05, 0) is 42.4 Å².